The van der Waals surface area contributed by atoms with Gasteiger partial charge in [0.05, 0.1) is 5.56 Å². The second kappa shape index (κ2) is 3.61. The van der Waals surface area contributed by atoms with Gasteiger partial charge in [-0.1, -0.05) is 5.16 Å². The van der Waals surface area contributed by atoms with E-state index in [1.165, 1.54) is 6.07 Å². The molecule has 0 aliphatic heterocycles. The van der Waals surface area contributed by atoms with E-state index < -0.39 is 11.6 Å². The van der Waals surface area contributed by atoms with Crippen molar-refractivity contribution in [2.24, 2.45) is 0 Å². The number of aromatic nitrogens is 1. The van der Waals surface area contributed by atoms with Gasteiger partial charge in [-0.3, -0.25) is 4.79 Å². The minimum absolute atomic E-state index is 0.0345. The van der Waals surface area contributed by atoms with Gasteiger partial charge in [-0.05, 0) is 12.1 Å². The van der Waals surface area contributed by atoms with Gasteiger partial charge in [0, 0.05) is 11.6 Å². The van der Waals surface area contributed by atoms with Crippen molar-refractivity contribution >= 4 is 6.29 Å². The van der Waals surface area contributed by atoms with E-state index in [-0.39, 0.29) is 16.8 Å². The van der Waals surface area contributed by atoms with Gasteiger partial charge in [0.1, 0.15) is 23.6 Å². The highest BCUT2D eigenvalue weighted by Gasteiger charge is 2.14. The summed E-state index contributed by atoms with van der Waals surface area (Å²) >= 11 is 0. The summed E-state index contributed by atoms with van der Waals surface area (Å²) in [5.41, 5.74) is 0.232. The molecule has 0 atom stereocenters. The first kappa shape index (κ1) is 9.51. The highest BCUT2D eigenvalue weighted by Crippen LogP contribution is 2.24. The number of carbonyl (C=O) groups is 1. The van der Waals surface area contributed by atoms with Crippen molar-refractivity contribution in [2.45, 2.75) is 0 Å². The van der Waals surface area contributed by atoms with E-state index in [0.717, 1.165) is 18.4 Å². The average Bonchev–Trinajstić information content (AvgIpc) is 2.65. The van der Waals surface area contributed by atoms with Crippen molar-refractivity contribution in [3.8, 4) is 11.3 Å². The molecule has 0 saturated heterocycles. The molecule has 2 aromatic rings. The summed E-state index contributed by atoms with van der Waals surface area (Å²) in [6.07, 6.45) is 1.60. The average molecular weight is 209 g/mol. The Labute approximate surface area is 83.3 Å². The molecular formula is C10H5F2NO2. The Morgan fingerprint density at radius 2 is 2.13 bits per heavy atom. The van der Waals surface area contributed by atoms with Crippen molar-refractivity contribution in [3.05, 3.63) is 41.7 Å². The van der Waals surface area contributed by atoms with E-state index in [4.69, 9.17) is 0 Å². The van der Waals surface area contributed by atoms with E-state index in [1.807, 2.05) is 0 Å². The molecule has 0 amide bonds. The zero-order valence-electron chi connectivity index (χ0n) is 7.41. The van der Waals surface area contributed by atoms with Crippen LogP contribution in [0.15, 0.2) is 29.0 Å². The van der Waals surface area contributed by atoms with Gasteiger partial charge in [-0.2, -0.15) is 0 Å². The van der Waals surface area contributed by atoms with Crippen LogP contribution in [0.3, 0.4) is 0 Å². The van der Waals surface area contributed by atoms with Crippen molar-refractivity contribution in [1.29, 1.82) is 0 Å². The zero-order valence-corrected chi connectivity index (χ0v) is 7.41. The first-order valence-corrected chi connectivity index (χ1v) is 4.07. The van der Waals surface area contributed by atoms with Gasteiger partial charge in [-0.25, -0.2) is 8.78 Å². The fraction of sp³-hybridized carbons (Fsp3) is 0. The van der Waals surface area contributed by atoms with Crippen LogP contribution in [0.5, 0.6) is 0 Å². The van der Waals surface area contributed by atoms with Crippen LogP contribution < -0.4 is 0 Å². The number of hydrogen-bond acceptors (Lipinski definition) is 3. The van der Waals surface area contributed by atoms with E-state index in [1.54, 1.807) is 0 Å². The van der Waals surface area contributed by atoms with Gasteiger partial charge >= 0.3 is 0 Å². The highest BCUT2D eigenvalue weighted by atomic mass is 19.1. The van der Waals surface area contributed by atoms with Gasteiger partial charge in [0.2, 0.25) is 0 Å². The number of hydrogen-bond donors (Lipinski definition) is 0. The van der Waals surface area contributed by atoms with Crippen LogP contribution in [-0.2, 0) is 0 Å². The van der Waals surface area contributed by atoms with Crippen molar-refractivity contribution < 1.29 is 18.1 Å². The molecule has 2 rings (SSSR count). The lowest BCUT2D eigenvalue weighted by atomic mass is 10.1. The molecule has 0 saturated carbocycles. The van der Waals surface area contributed by atoms with Crippen LogP contribution in [0.1, 0.15) is 10.4 Å². The summed E-state index contributed by atoms with van der Waals surface area (Å²) in [4.78, 5) is 10.5. The lowest BCUT2D eigenvalue weighted by molar-refractivity contribution is 0.112. The van der Waals surface area contributed by atoms with Crippen LogP contribution in [0, 0.1) is 11.6 Å². The topological polar surface area (TPSA) is 43.1 Å². The Kier molecular flexibility index (Phi) is 2.29. The third-order valence-electron chi connectivity index (χ3n) is 1.91. The molecule has 0 bridgehead atoms. The number of nitrogens with zero attached hydrogens (tertiary/aromatic N) is 1. The quantitative estimate of drug-likeness (QED) is 0.713. The summed E-state index contributed by atoms with van der Waals surface area (Å²) in [6, 6.07) is 3.01. The van der Waals surface area contributed by atoms with E-state index >= 15 is 0 Å². The molecule has 3 nitrogen and oxygen atoms in total. The first-order valence-electron chi connectivity index (χ1n) is 4.07. The third-order valence-corrected chi connectivity index (χ3v) is 1.91. The molecule has 5 heteroatoms. The summed E-state index contributed by atoms with van der Waals surface area (Å²) in [7, 11) is 0. The van der Waals surface area contributed by atoms with E-state index in [9.17, 15) is 13.6 Å². The Balaban J connectivity index is 2.59. The Hall–Kier alpha value is -2.04. The van der Waals surface area contributed by atoms with Crippen LogP contribution >= 0.6 is 0 Å². The Bertz CT molecular complexity index is 508. The van der Waals surface area contributed by atoms with E-state index in [2.05, 4.69) is 9.68 Å². The molecule has 0 aliphatic rings. The largest absolute Gasteiger partial charge is 0.363 e. The predicted octanol–water partition coefficient (Wildman–Crippen LogP) is 2.43. The standard InChI is InChI=1S/C10H5F2NO2/c11-7-1-2-8(9(12)3-7)10-6(4-14)5-15-13-10/h1-5H. The van der Waals surface area contributed by atoms with E-state index in [0.29, 0.717) is 6.29 Å². The lowest BCUT2D eigenvalue weighted by Gasteiger charge is -1.98. The Morgan fingerprint density at radius 1 is 1.33 bits per heavy atom. The maximum atomic E-state index is 13.3. The number of halogens is 2. The summed E-state index contributed by atoms with van der Waals surface area (Å²) < 4.78 is 30.4. The molecular weight excluding hydrogens is 204 g/mol. The van der Waals surface area contributed by atoms with Crippen molar-refractivity contribution in [3.63, 3.8) is 0 Å². The molecule has 1 aromatic carbocycles. The summed E-state index contributed by atoms with van der Waals surface area (Å²) in [5, 5.41) is 3.48. The van der Waals surface area contributed by atoms with Crippen LogP contribution in [0.4, 0.5) is 8.78 Å². The molecule has 0 aliphatic carbocycles. The van der Waals surface area contributed by atoms with Gasteiger partial charge in [0.15, 0.2) is 6.29 Å². The molecule has 1 aromatic heterocycles. The van der Waals surface area contributed by atoms with Crippen molar-refractivity contribution in [2.75, 3.05) is 0 Å². The minimum atomic E-state index is -0.785. The molecule has 1 heterocycles. The first-order chi connectivity index (χ1) is 7.22. The maximum Gasteiger partial charge on any atom is 0.155 e. The zero-order chi connectivity index (χ0) is 10.8. The minimum Gasteiger partial charge on any atom is -0.363 e. The summed E-state index contributed by atoms with van der Waals surface area (Å²) in [6.45, 7) is 0. The smallest absolute Gasteiger partial charge is 0.155 e. The molecule has 76 valence electrons. The molecule has 0 radical (unpaired) electrons. The molecule has 15 heavy (non-hydrogen) atoms. The molecule has 0 spiro atoms. The normalized spacial score (nSPS) is 10.3. The van der Waals surface area contributed by atoms with Crippen LogP contribution in [0.25, 0.3) is 11.3 Å². The SMILES string of the molecule is O=Cc1conc1-c1ccc(F)cc1F. The number of carbonyl (C=O) groups excluding carboxylic acids is 1. The van der Waals surface area contributed by atoms with Gasteiger partial charge < -0.3 is 4.52 Å². The monoisotopic (exact) mass is 209 g/mol. The lowest BCUT2D eigenvalue weighted by Crippen LogP contribution is -1.89. The number of aldehydes is 1. The summed E-state index contributed by atoms with van der Waals surface area (Å²) in [5.74, 6) is -1.47. The predicted molar refractivity (Wildman–Crippen MR) is 47.2 cm³/mol. The van der Waals surface area contributed by atoms with Gasteiger partial charge in [-0.15, -0.1) is 0 Å². The second-order valence-corrected chi connectivity index (χ2v) is 2.86. The maximum absolute atomic E-state index is 13.3. The third kappa shape index (κ3) is 1.63. The fourth-order valence-corrected chi connectivity index (χ4v) is 1.21. The van der Waals surface area contributed by atoms with Crippen molar-refractivity contribution in [1.82, 2.24) is 5.16 Å². The second-order valence-electron chi connectivity index (χ2n) is 2.86. The molecule has 0 fully saturated rings. The molecule has 0 N–H and O–H groups in total. The number of rotatable bonds is 2. The molecule has 0 unspecified atom stereocenters. The Morgan fingerprint density at radius 3 is 2.80 bits per heavy atom. The number of benzene rings is 1. The van der Waals surface area contributed by atoms with Gasteiger partial charge in [0.25, 0.3) is 0 Å². The van der Waals surface area contributed by atoms with Crippen LogP contribution in [0.2, 0.25) is 0 Å². The fourth-order valence-electron chi connectivity index (χ4n) is 1.21. The highest BCUT2D eigenvalue weighted by molar-refractivity contribution is 5.84. The van der Waals surface area contributed by atoms with Crippen LogP contribution in [-0.4, -0.2) is 11.4 Å².